The Hall–Kier alpha value is -0.370. The number of aliphatic hydroxyl groups excluding tert-OH is 1. The first-order chi connectivity index (χ1) is 5.39. The predicted molar refractivity (Wildman–Crippen MR) is 45.6 cm³/mol. The van der Waals surface area contributed by atoms with Gasteiger partial charge in [-0.05, 0) is 17.8 Å². The number of carbonyl (C=O) groups excluding carboxylic acids is 1. The molecule has 0 saturated heterocycles. The zero-order chi connectivity index (χ0) is 9.15. The molecule has 0 aromatic rings. The van der Waals surface area contributed by atoms with Crippen LogP contribution in [0.3, 0.4) is 0 Å². The summed E-state index contributed by atoms with van der Waals surface area (Å²) in [7, 11) is 0. The molecule has 0 amide bonds. The molecular weight excluding hydrogens is 152 g/mol. The van der Waals surface area contributed by atoms with E-state index in [4.69, 9.17) is 0 Å². The molecule has 2 heteroatoms. The summed E-state index contributed by atoms with van der Waals surface area (Å²) in [5.41, 5.74) is -0.249. The Kier molecular flexibility index (Phi) is 1.32. The molecule has 0 radical (unpaired) electrons. The molecule has 0 heterocycles. The molecule has 2 bridgehead atoms. The summed E-state index contributed by atoms with van der Waals surface area (Å²) in [6.07, 6.45) is 1.01. The monoisotopic (exact) mass is 168 g/mol. The van der Waals surface area contributed by atoms with E-state index >= 15 is 0 Å². The van der Waals surface area contributed by atoms with E-state index < -0.39 is 0 Å². The maximum atomic E-state index is 11.6. The fourth-order valence-electron chi connectivity index (χ4n) is 3.00. The van der Waals surface area contributed by atoms with Gasteiger partial charge in [-0.3, -0.25) is 4.79 Å². The fraction of sp³-hybridized carbons (Fsp3) is 0.900. The van der Waals surface area contributed by atoms with Gasteiger partial charge in [0.1, 0.15) is 5.78 Å². The van der Waals surface area contributed by atoms with Crippen LogP contribution >= 0.6 is 0 Å². The molecule has 0 aliphatic heterocycles. The minimum Gasteiger partial charge on any atom is -0.393 e. The van der Waals surface area contributed by atoms with Crippen LogP contribution in [0.15, 0.2) is 0 Å². The van der Waals surface area contributed by atoms with Crippen molar-refractivity contribution in [1.29, 1.82) is 0 Å². The Morgan fingerprint density at radius 3 is 2.25 bits per heavy atom. The summed E-state index contributed by atoms with van der Waals surface area (Å²) >= 11 is 0. The SMILES string of the molecule is CC1(C)[C@@H]2CC(=O)[C@@]1(C)C[C@H]2O. The van der Waals surface area contributed by atoms with E-state index in [-0.39, 0.29) is 22.9 Å². The minimum absolute atomic E-state index is 0.00347. The Bertz CT molecular complexity index is 244. The normalized spacial score (nSPS) is 50.2. The summed E-state index contributed by atoms with van der Waals surface area (Å²) in [4.78, 5) is 11.6. The third kappa shape index (κ3) is 0.634. The molecule has 0 unspecified atom stereocenters. The highest BCUT2D eigenvalue weighted by Crippen LogP contribution is 2.63. The van der Waals surface area contributed by atoms with Crippen molar-refractivity contribution in [3.63, 3.8) is 0 Å². The number of aliphatic hydroxyl groups is 1. The molecule has 3 atom stereocenters. The summed E-state index contributed by atoms with van der Waals surface area (Å²) in [5.74, 6) is 0.554. The average molecular weight is 168 g/mol. The minimum atomic E-state index is -0.253. The molecule has 0 aromatic heterocycles. The first-order valence-corrected chi connectivity index (χ1v) is 4.61. The van der Waals surface area contributed by atoms with Crippen LogP contribution in [0.2, 0.25) is 0 Å². The van der Waals surface area contributed by atoms with E-state index in [1.807, 2.05) is 6.92 Å². The van der Waals surface area contributed by atoms with Gasteiger partial charge in [-0.2, -0.15) is 0 Å². The van der Waals surface area contributed by atoms with Crippen molar-refractivity contribution in [2.75, 3.05) is 0 Å². The van der Waals surface area contributed by atoms with Crippen LogP contribution in [-0.4, -0.2) is 17.0 Å². The van der Waals surface area contributed by atoms with Crippen LogP contribution in [0.4, 0.5) is 0 Å². The van der Waals surface area contributed by atoms with Gasteiger partial charge in [0.05, 0.1) is 6.10 Å². The Balaban J connectivity index is 2.47. The van der Waals surface area contributed by atoms with Gasteiger partial charge < -0.3 is 5.11 Å². The molecule has 2 saturated carbocycles. The summed E-state index contributed by atoms with van der Waals surface area (Å²) in [6, 6.07) is 0. The van der Waals surface area contributed by atoms with Crippen molar-refractivity contribution >= 4 is 5.78 Å². The van der Waals surface area contributed by atoms with Gasteiger partial charge in [-0.15, -0.1) is 0 Å². The van der Waals surface area contributed by atoms with Crippen molar-refractivity contribution in [2.24, 2.45) is 16.7 Å². The number of Topliss-reactive ketones (excluding diaryl/α,β-unsaturated/α-hetero) is 1. The summed E-state index contributed by atoms with van der Waals surface area (Å²) in [6.45, 7) is 6.23. The summed E-state index contributed by atoms with van der Waals surface area (Å²) < 4.78 is 0. The van der Waals surface area contributed by atoms with Gasteiger partial charge in [-0.25, -0.2) is 0 Å². The Labute approximate surface area is 73.0 Å². The second-order valence-corrected chi connectivity index (χ2v) is 5.06. The van der Waals surface area contributed by atoms with Crippen LogP contribution in [0.5, 0.6) is 0 Å². The van der Waals surface area contributed by atoms with E-state index in [2.05, 4.69) is 13.8 Å². The van der Waals surface area contributed by atoms with E-state index in [9.17, 15) is 9.90 Å². The largest absolute Gasteiger partial charge is 0.393 e. The number of carbonyl (C=O) groups is 1. The van der Waals surface area contributed by atoms with Crippen LogP contribution in [-0.2, 0) is 4.79 Å². The second kappa shape index (κ2) is 1.92. The Morgan fingerprint density at radius 2 is 2.00 bits per heavy atom. The van der Waals surface area contributed by atoms with Crippen molar-refractivity contribution < 1.29 is 9.90 Å². The lowest BCUT2D eigenvalue weighted by Gasteiger charge is -2.31. The Morgan fingerprint density at radius 1 is 1.42 bits per heavy atom. The van der Waals surface area contributed by atoms with Gasteiger partial charge in [0.25, 0.3) is 0 Å². The molecule has 68 valence electrons. The molecule has 12 heavy (non-hydrogen) atoms. The molecule has 2 aliphatic carbocycles. The molecule has 0 spiro atoms. The maximum absolute atomic E-state index is 11.6. The van der Waals surface area contributed by atoms with Crippen molar-refractivity contribution in [1.82, 2.24) is 0 Å². The highest BCUT2D eigenvalue weighted by Gasteiger charge is 2.65. The van der Waals surface area contributed by atoms with Gasteiger partial charge >= 0.3 is 0 Å². The quantitative estimate of drug-likeness (QED) is 0.593. The van der Waals surface area contributed by atoms with Crippen molar-refractivity contribution in [3.05, 3.63) is 0 Å². The molecular formula is C10H16O2. The lowest BCUT2D eigenvalue weighted by Crippen LogP contribution is -2.32. The third-order valence-electron chi connectivity index (χ3n) is 4.45. The number of hydrogen-bond acceptors (Lipinski definition) is 2. The highest BCUT2D eigenvalue weighted by atomic mass is 16.3. The topological polar surface area (TPSA) is 37.3 Å². The molecule has 2 fully saturated rings. The third-order valence-corrected chi connectivity index (χ3v) is 4.45. The van der Waals surface area contributed by atoms with Crippen LogP contribution < -0.4 is 0 Å². The van der Waals surface area contributed by atoms with E-state index in [0.717, 1.165) is 0 Å². The van der Waals surface area contributed by atoms with Crippen LogP contribution in [0.25, 0.3) is 0 Å². The van der Waals surface area contributed by atoms with E-state index in [0.29, 0.717) is 18.6 Å². The number of rotatable bonds is 0. The zero-order valence-electron chi connectivity index (χ0n) is 7.92. The highest BCUT2D eigenvalue weighted by molar-refractivity contribution is 5.89. The summed E-state index contributed by atoms with van der Waals surface area (Å²) in [5, 5.41) is 9.69. The van der Waals surface area contributed by atoms with Gasteiger partial charge in [0.2, 0.25) is 0 Å². The van der Waals surface area contributed by atoms with Crippen LogP contribution in [0, 0.1) is 16.7 Å². The predicted octanol–water partition coefficient (Wildman–Crippen LogP) is 1.37. The van der Waals surface area contributed by atoms with Gasteiger partial charge in [0.15, 0.2) is 0 Å². The first-order valence-electron chi connectivity index (χ1n) is 4.61. The number of ketones is 1. The number of hydrogen-bond donors (Lipinski definition) is 1. The van der Waals surface area contributed by atoms with Crippen molar-refractivity contribution in [2.45, 2.75) is 39.7 Å². The molecule has 1 N–H and O–H groups in total. The molecule has 0 aromatic carbocycles. The van der Waals surface area contributed by atoms with E-state index in [1.54, 1.807) is 0 Å². The first kappa shape index (κ1) is 8.24. The van der Waals surface area contributed by atoms with Gasteiger partial charge in [0, 0.05) is 11.8 Å². The zero-order valence-corrected chi connectivity index (χ0v) is 7.92. The lowest BCUT2D eigenvalue weighted by molar-refractivity contribution is -0.129. The van der Waals surface area contributed by atoms with Crippen molar-refractivity contribution in [3.8, 4) is 0 Å². The van der Waals surface area contributed by atoms with E-state index in [1.165, 1.54) is 0 Å². The average Bonchev–Trinajstić information content (AvgIpc) is 2.18. The maximum Gasteiger partial charge on any atom is 0.139 e. The van der Waals surface area contributed by atoms with Gasteiger partial charge in [-0.1, -0.05) is 20.8 Å². The molecule has 2 nitrogen and oxygen atoms in total. The molecule has 2 rings (SSSR count). The fourth-order valence-corrected chi connectivity index (χ4v) is 3.00. The smallest absolute Gasteiger partial charge is 0.139 e. The second-order valence-electron chi connectivity index (χ2n) is 5.06. The molecule has 2 aliphatic rings. The standard InChI is InChI=1S/C10H16O2/c1-9(2)6-4-8(12)10(9,3)5-7(6)11/h6-7,11H,4-5H2,1-3H3/t6-,7-,10-/m1/s1. The number of fused-ring (bicyclic) bond motifs is 2. The lowest BCUT2D eigenvalue weighted by atomic mass is 9.70. The van der Waals surface area contributed by atoms with Crippen LogP contribution in [0.1, 0.15) is 33.6 Å².